The molecular weight excluding hydrogens is 302 g/mol. The van der Waals surface area contributed by atoms with Gasteiger partial charge < -0.3 is 16.0 Å². The molecule has 2 fully saturated rings. The lowest BCUT2D eigenvalue weighted by atomic mass is 10.1. The molecule has 0 aromatic heterocycles. The summed E-state index contributed by atoms with van der Waals surface area (Å²) in [5.74, 6) is 0.524. The zero-order valence-electron chi connectivity index (χ0n) is 12.4. The third-order valence-electron chi connectivity index (χ3n) is 3.77. The summed E-state index contributed by atoms with van der Waals surface area (Å²) >= 11 is 0. The van der Waals surface area contributed by atoms with Crippen molar-refractivity contribution in [2.24, 2.45) is 5.92 Å². The summed E-state index contributed by atoms with van der Waals surface area (Å²) < 4.78 is 0. The van der Waals surface area contributed by atoms with Crippen LogP contribution in [0.1, 0.15) is 36.0 Å². The average Bonchev–Trinajstić information content (AvgIpc) is 3.34. The van der Waals surface area contributed by atoms with Crippen LogP contribution in [-0.4, -0.2) is 30.9 Å². The maximum atomic E-state index is 12.1. The number of rotatable bonds is 7. The molecule has 0 atom stereocenters. The molecule has 5 nitrogen and oxygen atoms in total. The number of halogens is 1. The molecule has 0 spiro atoms. The molecule has 120 valence electrons. The van der Waals surface area contributed by atoms with Crippen LogP contribution >= 0.6 is 12.4 Å². The molecule has 3 rings (SSSR count). The first-order chi connectivity index (χ1) is 10.2. The highest BCUT2D eigenvalue weighted by atomic mass is 35.5. The normalized spacial score (nSPS) is 16.5. The van der Waals surface area contributed by atoms with Gasteiger partial charge in [-0.15, -0.1) is 12.4 Å². The first-order valence-corrected chi connectivity index (χ1v) is 7.63. The first-order valence-electron chi connectivity index (χ1n) is 7.63. The molecule has 2 aliphatic carbocycles. The van der Waals surface area contributed by atoms with E-state index in [1.54, 1.807) is 12.1 Å². The Morgan fingerprint density at radius 2 is 1.82 bits per heavy atom. The highest BCUT2D eigenvalue weighted by Gasteiger charge is 2.25. The molecule has 0 radical (unpaired) electrons. The molecule has 0 bridgehead atoms. The van der Waals surface area contributed by atoms with Gasteiger partial charge in [0.25, 0.3) is 5.91 Å². The standard InChI is InChI=1S/C16H21N3O2.ClH/c20-15(10-17-9-11-5-6-11)19-14-4-2-1-3-13(14)16(21)18-12-7-8-12;/h1-4,11-12,17H,5-10H2,(H,18,21)(H,19,20);1H. The Morgan fingerprint density at radius 1 is 1.09 bits per heavy atom. The fourth-order valence-corrected chi connectivity index (χ4v) is 2.19. The van der Waals surface area contributed by atoms with Crippen LogP contribution in [0.2, 0.25) is 0 Å². The van der Waals surface area contributed by atoms with Gasteiger partial charge in [-0.25, -0.2) is 0 Å². The van der Waals surface area contributed by atoms with E-state index >= 15 is 0 Å². The van der Waals surface area contributed by atoms with Crippen LogP contribution in [0.25, 0.3) is 0 Å². The van der Waals surface area contributed by atoms with E-state index < -0.39 is 0 Å². The highest BCUT2D eigenvalue weighted by molar-refractivity contribution is 6.04. The van der Waals surface area contributed by atoms with Crippen molar-refractivity contribution in [3.8, 4) is 0 Å². The molecule has 3 N–H and O–H groups in total. The molecule has 0 aliphatic heterocycles. The van der Waals surface area contributed by atoms with E-state index in [2.05, 4.69) is 16.0 Å². The number of anilines is 1. The zero-order chi connectivity index (χ0) is 14.7. The Hall–Kier alpha value is -1.59. The summed E-state index contributed by atoms with van der Waals surface area (Å²) in [7, 11) is 0. The number of amides is 2. The van der Waals surface area contributed by atoms with Gasteiger partial charge in [-0.05, 0) is 50.3 Å². The molecule has 6 heteroatoms. The molecular formula is C16H22ClN3O2. The monoisotopic (exact) mass is 323 g/mol. The maximum absolute atomic E-state index is 12.1. The van der Waals surface area contributed by atoms with Crippen LogP contribution in [0, 0.1) is 5.92 Å². The lowest BCUT2D eigenvalue weighted by Crippen LogP contribution is -2.31. The van der Waals surface area contributed by atoms with Gasteiger partial charge in [0.2, 0.25) is 5.91 Å². The summed E-state index contributed by atoms with van der Waals surface area (Å²) in [6, 6.07) is 7.44. The Balaban J connectivity index is 0.00000176. The second-order valence-corrected chi connectivity index (χ2v) is 5.92. The number of carbonyl (C=O) groups is 2. The third kappa shape index (κ3) is 5.00. The molecule has 1 aromatic rings. The lowest BCUT2D eigenvalue weighted by molar-refractivity contribution is -0.115. The smallest absolute Gasteiger partial charge is 0.253 e. The molecule has 0 heterocycles. The summed E-state index contributed by atoms with van der Waals surface area (Å²) in [4.78, 5) is 24.0. The fraction of sp³-hybridized carbons (Fsp3) is 0.500. The average molecular weight is 324 g/mol. The maximum Gasteiger partial charge on any atom is 0.253 e. The van der Waals surface area contributed by atoms with Crippen molar-refractivity contribution in [1.29, 1.82) is 0 Å². The third-order valence-corrected chi connectivity index (χ3v) is 3.77. The Morgan fingerprint density at radius 3 is 2.50 bits per heavy atom. The van der Waals surface area contributed by atoms with Crippen molar-refractivity contribution < 1.29 is 9.59 Å². The van der Waals surface area contributed by atoms with E-state index in [4.69, 9.17) is 0 Å². The molecule has 1 aromatic carbocycles. The predicted octanol–water partition coefficient (Wildman–Crippen LogP) is 1.94. The summed E-state index contributed by atoms with van der Waals surface area (Å²) in [5.41, 5.74) is 1.11. The van der Waals surface area contributed by atoms with Crippen molar-refractivity contribution in [2.45, 2.75) is 31.7 Å². The minimum atomic E-state index is -0.112. The van der Waals surface area contributed by atoms with Gasteiger partial charge in [0.15, 0.2) is 0 Å². The number of nitrogens with one attached hydrogen (secondary N) is 3. The zero-order valence-corrected chi connectivity index (χ0v) is 13.2. The molecule has 0 unspecified atom stereocenters. The topological polar surface area (TPSA) is 70.2 Å². The Labute approximate surface area is 136 Å². The van der Waals surface area contributed by atoms with Crippen molar-refractivity contribution >= 4 is 29.9 Å². The van der Waals surface area contributed by atoms with Gasteiger partial charge >= 0.3 is 0 Å². The largest absolute Gasteiger partial charge is 0.349 e. The van der Waals surface area contributed by atoms with E-state index in [9.17, 15) is 9.59 Å². The minimum Gasteiger partial charge on any atom is -0.349 e. The minimum absolute atomic E-state index is 0. The van der Waals surface area contributed by atoms with Crippen LogP contribution in [0.5, 0.6) is 0 Å². The van der Waals surface area contributed by atoms with E-state index in [1.807, 2.05) is 12.1 Å². The van der Waals surface area contributed by atoms with Crippen LogP contribution in [0.4, 0.5) is 5.69 Å². The summed E-state index contributed by atoms with van der Waals surface area (Å²) in [6.07, 6.45) is 4.62. The van der Waals surface area contributed by atoms with Crippen LogP contribution in [0.15, 0.2) is 24.3 Å². The van der Waals surface area contributed by atoms with Gasteiger partial charge in [0.1, 0.15) is 0 Å². The summed E-state index contributed by atoms with van der Waals surface area (Å²) in [6.45, 7) is 1.19. The summed E-state index contributed by atoms with van der Waals surface area (Å²) in [5, 5.41) is 8.91. The van der Waals surface area contributed by atoms with Crippen LogP contribution < -0.4 is 16.0 Å². The fourth-order valence-electron chi connectivity index (χ4n) is 2.19. The lowest BCUT2D eigenvalue weighted by Gasteiger charge is -2.11. The second-order valence-electron chi connectivity index (χ2n) is 5.92. The van der Waals surface area contributed by atoms with E-state index in [0.29, 0.717) is 17.3 Å². The van der Waals surface area contributed by atoms with Crippen LogP contribution in [0.3, 0.4) is 0 Å². The molecule has 2 aliphatic rings. The number of hydrogen-bond acceptors (Lipinski definition) is 3. The molecule has 0 saturated heterocycles. The van der Waals surface area contributed by atoms with E-state index in [-0.39, 0.29) is 30.8 Å². The van der Waals surface area contributed by atoms with Crippen LogP contribution in [-0.2, 0) is 4.79 Å². The van der Waals surface area contributed by atoms with Gasteiger partial charge in [-0.1, -0.05) is 12.1 Å². The Bertz CT molecular complexity index is 542. The van der Waals surface area contributed by atoms with Gasteiger partial charge in [0, 0.05) is 6.04 Å². The number of hydrogen-bond donors (Lipinski definition) is 3. The van der Waals surface area contributed by atoms with Crippen molar-refractivity contribution in [3.05, 3.63) is 29.8 Å². The van der Waals surface area contributed by atoms with Gasteiger partial charge in [-0.2, -0.15) is 0 Å². The SMILES string of the molecule is Cl.O=C(CNCC1CC1)Nc1ccccc1C(=O)NC1CC1. The van der Waals surface area contributed by atoms with Gasteiger partial charge in [-0.3, -0.25) is 9.59 Å². The number of carbonyl (C=O) groups excluding carboxylic acids is 2. The Kier molecular flexibility index (Phi) is 5.80. The van der Waals surface area contributed by atoms with Crippen molar-refractivity contribution in [3.63, 3.8) is 0 Å². The molecule has 2 saturated carbocycles. The van der Waals surface area contributed by atoms with Gasteiger partial charge in [0.05, 0.1) is 17.8 Å². The number of benzene rings is 1. The second kappa shape index (κ2) is 7.61. The van der Waals surface area contributed by atoms with E-state index in [1.165, 1.54) is 12.8 Å². The highest BCUT2D eigenvalue weighted by Crippen LogP contribution is 2.27. The molecule has 2 amide bonds. The van der Waals surface area contributed by atoms with Crippen molar-refractivity contribution in [1.82, 2.24) is 10.6 Å². The first kappa shape index (κ1) is 16.8. The van der Waals surface area contributed by atoms with Crippen molar-refractivity contribution in [2.75, 3.05) is 18.4 Å². The predicted molar refractivity (Wildman–Crippen MR) is 88.4 cm³/mol. The number of para-hydroxylation sites is 1. The quantitative estimate of drug-likeness (QED) is 0.718. The molecule has 22 heavy (non-hydrogen) atoms. The van der Waals surface area contributed by atoms with E-state index in [0.717, 1.165) is 25.3 Å².